The monoisotopic (exact) mass is 318 g/mol. The molecule has 0 unspecified atom stereocenters. The van der Waals surface area contributed by atoms with Gasteiger partial charge < -0.3 is 4.90 Å². The minimum atomic E-state index is 0.299. The number of aryl methyl sites for hydroxylation is 1. The van der Waals surface area contributed by atoms with Gasteiger partial charge >= 0.3 is 0 Å². The van der Waals surface area contributed by atoms with Crippen molar-refractivity contribution in [1.82, 2.24) is 15.0 Å². The van der Waals surface area contributed by atoms with Crippen LogP contribution in [-0.4, -0.2) is 21.5 Å². The molecule has 0 saturated carbocycles. The molecule has 3 rings (SSSR count). The normalized spacial score (nSPS) is 11.0. The summed E-state index contributed by atoms with van der Waals surface area (Å²) in [5.74, 6) is 0.897. The zero-order valence-electron chi connectivity index (χ0n) is 11.9. The Morgan fingerprint density at radius 2 is 2.00 bits per heavy atom. The molecule has 6 heteroatoms. The molecule has 4 nitrogen and oxygen atoms in total. The summed E-state index contributed by atoms with van der Waals surface area (Å²) < 4.78 is 0. The van der Waals surface area contributed by atoms with Crippen molar-refractivity contribution in [2.45, 2.75) is 20.4 Å². The number of hydrogen-bond acceptors (Lipinski definition) is 5. The summed E-state index contributed by atoms with van der Waals surface area (Å²) in [5.41, 5.74) is 1.20. The van der Waals surface area contributed by atoms with Crippen LogP contribution < -0.4 is 4.90 Å². The molecular formula is C15H15ClN4S. The van der Waals surface area contributed by atoms with E-state index in [1.807, 2.05) is 12.1 Å². The second kappa shape index (κ2) is 5.95. The highest BCUT2D eigenvalue weighted by Crippen LogP contribution is 2.32. The van der Waals surface area contributed by atoms with Gasteiger partial charge in [0.2, 0.25) is 5.28 Å². The van der Waals surface area contributed by atoms with Crippen LogP contribution in [0.5, 0.6) is 0 Å². The van der Waals surface area contributed by atoms with Gasteiger partial charge in [0.1, 0.15) is 10.6 Å². The van der Waals surface area contributed by atoms with Crippen molar-refractivity contribution in [3.05, 3.63) is 46.3 Å². The number of pyridine rings is 1. The van der Waals surface area contributed by atoms with Gasteiger partial charge in [0, 0.05) is 30.4 Å². The average Bonchev–Trinajstić information content (AvgIpc) is 2.85. The highest BCUT2D eigenvalue weighted by atomic mass is 35.5. The second-order valence-corrected chi connectivity index (χ2v) is 6.33. The quantitative estimate of drug-likeness (QED) is 0.680. The first-order valence-corrected chi connectivity index (χ1v) is 7.94. The van der Waals surface area contributed by atoms with Gasteiger partial charge in [0.15, 0.2) is 0 Å². The third-order valence-electron chi connectivity index (χ3n) is 3.27. The molecule has 108 valence electrons. The Labute approximate surface area is 132 Å². The fourth-order valence-electron chi connectivity index (χ4n) is 2.29. The lowest BCUT2D eigenvalue weighted by atomic mass is 10.2. The molecule has 3 heterocycles. The van der Waals surface area contributed by atoms with Crippen LogP contribution in [0, 0.1) is 6.92 Å². The van der Waals surface area contributed by atoms with Gasteiger partial charge in [0.25, 0.3) is 0 Å². The summed E-state index contributed by atoms with van der Waals surface area (Å²) in [6.45, 7) is 5.81. The highest BCUT2D eigenvalue weighted by molar-refractivity contribution is 7.18. The van der Waals surface area contributed by atoms with E-state index in [1.165, 1.54) is 10.4 Å². The number of hydrogen-bond donors (Lipinski definition) is 0. The third kappa shape index (κ3) is 2.99. The second-order valence-electron chi connectivity index (χ2n) is 4.76. The molecule has 0 saturated heterocycles. The minimum Gasteiger partial charge on any atom is -0.352 e. The van der Waals surface area contributed by atoms with Gasteiger partial charge in [-0.05, 0) is 49.2 Å². The Hall–Kier alpha value is -1.72. The number of rotatable bonds is 4. The topological polar surface area (TPSA) is 41.9 Å². The number of thiophene rings is 1. The Balaban J connectivity index is 2.04. The van der Waals surface area contributed by atoms with E-state index >= 15 is 0 Å². The van der Waals surface area contributed by atoms with Crippen LogP contribution in [0.3, 0.4) is 0 Å². The van der Waals surface area contributed by atoms with Crippen LogP contribution in [0.25, 0.3) is 10.2 Å². The van der Waals surface area contributed by atoms with E-state index in [0.29, 0.717) is 5.28 Å². The van der Waals surface area contributed by atoms with Crippen molar-refractivity contribution < 1.29 is 0 Å². The Bertz CT molecular complexity index is 757. The van der Waals surface area contributed by atoms with Crippen LogP contribution in [0.15, 0.2) is 30.6 Å². The van der Waals surface area contributed by atoms with Crippen molar-refractivity contribution in [2.24, 2.45) is 0 Å². The van der Waals surface area contributed by atoms with Crippen LogP contribution in [0.4, 0.5) is 5.82 Å². The van der Waals surface area contributed by atoms with Crippen LogP contribution in [-0.2, 0) is 6.54 Å². The van der Waals surface area contributed by atoms with E-state index in [0.717, 1.165) is 29.1 Å². The molecule has 0 atom stereocenters. The largest absolute Gasteiger partial charge is 0.352 e. The highest BCUT2D eigenvalue weighted by Gasteiger charge is 2.15. The predicted molar refractivity (Wildman–Crippen MR) is 88.1 cm³/mol. The molecule has 0 aliphatic rings. The van der Waals surface area contributed by atoms with Crippen molar-refractivity contribution in [3.63, 3.8) is 0 Å². The Kier molecular flexibility index (Phi) is 4.03. The first kappa shape index (κ1) is 14.2. The van der Waals surface area contributed by atoms with Gasteiger partial charge in [-0.1, -0.05) is 0 Å². The molecule has 0 aliphatic carbocycles. The van der Waals surface area contributed by atoms with Crippen molar-refractivity contribution in [2.75, 3.05) is 11.4 Å². The predicted octanol–water partition coefficient (Wildman–Crippen LogP) is 4.07. The van der Waals surface area contributed by atoms with E-state index < -0.39 is 0 Å². The summed E-state index contributed by atoms with van der Waals surface area (Å²) in [4.78, 5) is 17.2. The molecule has 0 aliphatic heterocycles. The standard InChI is InChI=1S/C15H15ClN4S/c1-3-20(9-11-4-6-17-7-5-11)13-12-8-10(2)21-14(12)19-15(16)18-13/h4-8H,3,9H2,1-2H3. The number of nitrogens with zero attached hydrogens (tertiary/aromatic N) is 4. The van der Waals surface area contributed by atoms with Crippen LogP contribution in [0.1, 0.15) is 17.4 Å². The van der Waals surface area contributed by atoms with Crippen molar-refractivity contribution in [3.8, 4) is 0 Å². The van der Waals surface area contributed by atoms with Crippen molar-refractivity contribution in [1.29, 1.82) is 0 Å². The molecule has 0 fully saturated rings. The maximum Gasteiger partial charge on any atom is 0.225 e. The van der Waals surface area contributed by atoms with Gasteiger partial charge in [-0.15, -0.1) is 11.3 Å². The maximum absolute atomic E-state index is 6.08. The molecule has 21 heavy (non-hydrogen) atoms. The van der Waals surface area contributed by atoms with Gasteiger partial charge in [-0.3, -0.25) is 4.98 Å². The average molecular weight is 319 g/mol. The van der Waals surface area contributed by atoms with Crippen LogP contribution in [0.2, 0.25) is 5.28 Å². The fraction of sp³-hybridized carbons (Fsp3) is 0.267. The molecule has 0 radical (unpaired) electrons. The lowest BCUT2D eigenvalue weighted by Crippen LogP contribution is -2.23. The smallest absolute Gasteiger partial charge is 0.225 e. The van der Waals surface area contributed by atoms with Crippen LogP contribution >= 0.6 is 22.9 Å². The number of halogens is 1. The molecule has 3 aromatic heterocycles. The molecule has 0 bridgehead atoms. The zero-order valence-corrected chi connectivity index (χ0v) is 13.4. The molecular weight excluding hydrogens is 304 g/mol. The lowest BCUT2D eigenvalue weighted by molar-refractivity contribution is 0.815. The maximum atomic E-state index is 6.08. The van der Waals surface area contributed by atoms with Gasteiger partial charge in [0.05, 0.1) is 5.39 Å². The van der Waals surface area contributed by atoms with Crippen molar-refractivity contribution >= 4 is 39.0 Å². The molecule has 3 aromatic rings. The summed E-state index contributed by atoms with van der Waals surface area (Å²) in [6, 6.07) is 6.16. The molecule has 0 amide bonds. The van der Waals surface area contributed by atoms with Gasteiger partial charge in [-0.25, -0.2) is 4.98 Å². The fourth-order valence-corrected chi connectivity index (χ4v) is 3.38. The molecule has 0 aromatic carbocycles. The van der Waals surface area contributed by atoms with E-state index in [1.54, 1.807) is 23.7 Å². The summed E-state index contributed by atoms with van der Waals surface area (Å²) in [5, 5.41) is 1.37. The van der Waals surface area contributed by atoms with E-state index in [-0.39, 0.29) is 0 Å². The number of anilines is 1. The van der Waals surface area contributed by atoms with E-state index in [2.05, 4.69) is 39.8 Å². The number of aromatic nitrogens is 3. The zero-order chi connectivity index (χ0) is 14.8. The SMILES string of the molecule is CCN(Cc1ccncc1)c1nc(Cl)nc2sc(C)cc12. The summed E-state index contributed by atoms with van der Waals surface area (Å²) in [7, 11) is 0. The first-order valence-electron chi connectivity index (χ1n) is 6.75. The van der Waals surface area contributed by atoms with E-state index in [9.17, 15) is 0 Å². The molecule has 0 N–H and O–H groups in total. The third-order valence-corrected chi connectivity index (χ3v) is 4.39. The Morgan fingerprint density at radius 3 is 2.71 bits per heavy atom. The molecule has 0 spiro atoms. The summed E-state index contributed by atoms with van der Waals surface area (Å²) >= 11 is 7.73. The summed E-state index contributed by atoms with van der Waals surface area (Å²) in [6.07, 6.45) is 3.61. The Morgan fingerprint density at radius 1 is 1.24 bits per heavy atom. The minimum absolute atomic E-state index is 0.299. The van der Waals surface area contributed by atoms with E-state index in [4.69, 9.17) is 11.6 Å². The first-order chi connectivity index (χ1) is 10.2. The van der Waals surface area contributed by atoms with Gasteiger partial charge in [-0.2, -0.15) is 4.98 Å². The number of fused-ring (bicyclic) bond motifs is 1. The lowest BCUT2D eigenvalue weighted by Gasteiger charge is -2.22.